The smallest absolute Gasteiger partial charge is 0.257 e. The first kappa shape index (κ1) is 22.7. The number of carbonyl (C=O) groups excluding carboxylic acids is 1. The minimum Gasteiger partial charge on any atom is -0.379 e. The number of hydrogen-bond acceptors (Lipinski definition) is 5. The number of rotatable bonds is 5. The maximum absolute atomic E-state index is 14.4. The second kappa shape index (κ2) is 9.56. The van der Waals surface area contributed by atoms with Crippen molar-refractivity contribution in [1.82, 2.24) is 4.31 Å². The molecule has 172 valence electrons. The molecular weight excluding hydrogens is 433 g/mol. The van der Waals surface area contributed by atoms with Crippen LogP contribution in [0.4, 0.5) is 15.8 Å². The van der Waals surface area contributed by atoms with Gasteiger partial charge >= 0.3 is 0 Å². The van der Waals surface area contributed by atoms with Gasteiger partial charge in [0.25, 0.3) is 5.91 Å². The van der Waals surface area contributed by atoms with Gasteiger partial charge < -0.3 is 15.0 Å². The van der Waals surface area contributed by atoms with Crippen molar-refractivity contribution >= 4 is 27.3 Å². The number of nitrogens with zero attached hydrogens (tertiary/aromatic N) is 2. The van der Waals surface area contributed by atoms with Crippen LogP contribution in [-0.2, 0) is 14.8 Å². The Balaban J connectivity index is 1.71. The van der Waals surface area contributed by atoms with Crippen molar-refractivity contribution in [2.75, 3.05) is 49.6 Å². The van der Waals surface area contributed by atoms with Gasteiger partial charge in [-0.15, -0.1) is 0 Å². The summed E-state index contributed by atoms with van der Waals surface area (Å²) < 4.78 is 47.3. The van der Waals surface area contributed by atoms with E-state index in [4.69, 9.17) is 4.74 Å². The van der Waals surface area contributed by atoms with Gasteiger partial charge in [-0.05, 0) is 62.1 Å². The first-order valence-corrected chi connectivity index (χ1v) is 12.3. The van der Waals surface area contributed by atoms with E-state index in [9.17, 15) is 17.6 Å². The molecule has 0 aliphatic carbocycles. The monoisotopic (exact) mass is 461 g/mol. The van der Waals surface area contributed by atoms with Crippen LogP contribution in [0.2, 0.25) is 0 Å². The molecule has 0 radical (unpaired) electrons. The van der Waals surface area contributed by atoms with Gasteiger partial charge in [-0.3, -0.25) is 4.79 Å². The van der Waals surface area contributed by atoms with Gasteiger partial charge in [-0.25, -0.2) is 12.8 Å². The quantitative estimate of drug-likeness (QED) is 0.738. The maximum atomic E-state index is 14.4. The lowest BCUT2D eigenvalue weighted by Gasteiger charge is -2.31. The van der Waals surface area contributed by atoms with Crippen molar-refractivity contribution in [2.45, 2.75) is 31.1 Å². The van der Waals surface area contributed by atoms with Gasteiger partial charge in [0.05, 0.1) is 29.4 Å². The van der Waals surface area contributed by atoms with Crippen LogP contribution < -0.4 is 10.2 Å². The van der Waals surface area contributed by atoms with Crippen LogP contribution in [-0.4, -0.2) is 58.0 Å². The lowest BCUT2D eigenvalue weighted by atomic mass is 10.1. The molecule has 0 atom stereocenters. The van der Waals surface area contributed by atoms with Gasteiger partial charge in [0.15, 0.2) is 0 Å². The Bertz CT molecular complexity index is 1090. The van der Waals surface area contributed by atoms with Gasteiger partial charge in [-0.1, -0.05) is 6.07 Å². The van der Waals surface area contributed by atoms with Gasteiger partial charge in [0, 0.05) is 31.9 Å². The maximum Gasteiger partial charge on any atom is 0.257 e. The molecule has 0 aromatic heterocycles. The predicted octanol–water partition coefficient (Wildman–Crippen LogP) is 3.40. The van der Waals surface area contributed by atoms with Crippen molar-refractivity contribution in [3.05, 3.63) is 53.3 Å². The van der Waals surface area contributed by atoms with E-state index in [1.54, 1.807) is 25.1 Å². The number of halogens is 1. The molecule has 0 bridgehead atoms. The Hall–Kier alpha value is -2.49. The molecule has 2 heterocycles. The third-order valence-electron chi connectivity index (χ3n) is 5.89. The Labute approximate surface area is 188 Å². The van der Waals surface area contributed by atoms with Crippen molar-refractivity contribution < 1.29 is 22.3 Å². The van der Waals surface area contributed by atoms with E-state index < -0.39 is 21.7 Å². The molecule has 7 nitrogen and oxygen atoms in total. The SMILES string of the molecule is Cc1ccc(NC(=O)c2cc(S(=O)(=O)N3CCOCC3)ccc2N2CCCCC2)c(F)c1. The van der Waals surface area contributed by atoms with E-state index in [0.717, 1.165) is 37.9 Å². The summed E-state index contributed by atoms with van der Waals surface area (Å²) in [5.41, 5.74) is 1.69. The third-order valence-corrected chi connectivity index (χ3v) is 7.78. The minimum absolute atomic E-state index is 0.0506. The van der Waals surface area contributed by atoms with Crippen LogP contribution in [0.15, 0.2) is 41.3 Å². The Morgan fingerprint density at radius 1 is 1.00 bits per heavy atom. The molecule has 9 heteroatoms. The van der Waals surface area contributed by atoms with E-state index in [1.807, 2.05) is 0 Å². The summed E-state index contributed by atoms with van der Waals surface area (Å²) in [5.74, 6) is -1.07. The van der Waals surface area contributed by atoms with E-state index in [-0.39, 0.29) is 29.2 Å². The molecule has 2 aliphatic rings. The normalized spacial score (nSPS) is 17.9. The molecule has 32 heavy (non-hydrogen) atoms. The minimum atomic E-state index is -3.77. The number of ether oxygens (including phenoxy) is 1. The van der Waals surface area contributed by atoms with Gasteiger partial charge in [-0.2, -0.15) is 4.31 Å². The Morgan fingerprint density at radius 2 is 1.72 bits per heavy atom. The number of amides is 1. The van der Waals surface area contributed by atoms with E-state index >= 15 is 0 Å². The average molecular weight is 462 g/mol. The zero-order valence-electron chi connectivity index (χ0n) is 18.1. The molecule has 0 unspecified atom stereocenters. The fraction of sp³-hybridized carbons (Fsp3) is 0.435. The first-order valence-electron chi connectivity index (χ1n) is 10.9. The van der Waals surface area contributed by atoms with Gasteiger partial charge in [0.2, 0.25) is 10.0 Å². The number of aryl methyl sites for hydroxylation is 1. The predicted molar refractivity (Wildman–Crippen MR) is 121 cm³/mol. The number of nitrogens with one attached hydrogen (secondary N) is 1. The van der Waals surface area contributed by atoms with Crippen LogP contribution >= 0.6 is 0 Å². The molecule has 0 saturated carbocycles. The highest BCUT2D eigenvalue weighted by Gasteiger charge is 2.29. The third kappa shape index (κ3) is 4.79. The number of benzene rings is 2. The number of hydrogen-bond donors (Lipinski definition) is 1. The molecule has 1 amide bonds. The number of anilines is 2. The number of morpholine rings is 1. The largest absolute Gasteiger partial charge is 0.379 e. The van der Waals surface area contributed by atoms with Crippen LogP contribution in [0, 0.1) is 12.7 Å². The van der Waals surface area contributed by atoms with Crippen LogP contribution in [0.3, 0.4) is 0 Å². The molecular formula is C23H28FN3O4S. The molecule has 2 saturated heterocycles. The summed E-state index contributed by atoms with van der Waals surface area (Å²) in [6.45, 7) is 4.56. The summed E-state index contributed by atoms with van der Waals surface area (Å²) >= 11 is 0. The summed E-state index contributed by atoms with van der Waals surface area (Å²) in [6.07, 6.45) is 3.12. The molecule has 4 rings (SSSR count). The van der Waals surface area contributed by atoms with E-state index in [0.29, 0.717) is 18.9 Å². The molecule has 2 aromatic carbocycles. The second-order valence-electron chi connectivity index (χ2n) is 8.18. The number of sulfonamides is 1. The van der Waals surface area contributed by atoms with E-state index in [2.05, 4.69) is 10.2 Å². The second-order valence-corrected chi connectivity index (χ2v) is 10.1. The van der Waals surface area contributed by atoms with Crippen LogP contribution in [0.5, 0.6) is 0 Å². The Kier molecular flexibility index (Phi) is 6.78. The van der Waals surface area contributed by atoms with E-state index in [1.165, 1.54) is 22.5 Å². The van der Waals surface area contributed by atoms with Crippen molar-refractivity contribution in [1.29, 1.82) is 0 Å². The summed E-state index contributed by atoms with van der Waals surface area (Å²) in [7, 11) is -3.77. The molecule has 2 fully saturated rings. The lowest BCUT2D eigenvalue weighted by Crippen LogP contribution is -2.40. The van der Waals surface area contributed by atoms with Crippen LogP contribution in [0.25, 0.3) is 0 Å². The average Bonchev–Trinajstić information content (AvgIpc) is 2.81. The highest BCUT2D eigenvalue weighted by Crippen LogP contribution is 2.29. The molecule has 0 spiro atoms. The summed E-state index contributed by atoms with van der Waals surface area (Å²) in [6, 6.07) is 9.23. The van der Waals surface area contributed by atoms with Crippen LogP contribution in [0.1, 0.15) is 35.2 Å². The lowest BCUT2D eigenvalue weighted by molar-refractivity contribution is 0.0730. The van der Waals surface area contributed by atoms with Crippen molar-refractivity contribution in [2.24, 2.45) is 0 Å². The van der Waals surface area contributed by atoms with Crippen molar-refractivity contribution in [3.8, 4) is 0 Å². The number of piperidine rings is 1. The molecule has 2 aromatic rings. The highest BCUT2D eigenvalue weighted by atomic mass is 32.2. The van der Waals surface area contributed by atoms with Crippen molar-refractivity contribution in [3.63, 3.8) is 0 Å². The highest BCUT2D eigenvalue weighted by molar-refractivity contribution is 7.89. The molecule has 1 N–H and O–H groups in total. The number of carbonyl (C=O) groups is 1. The fourth-order valence-corrected chi connectivity index (χ4v) is 5.55. The van der Waals surface area contributed by atoms with Gasteiger partial charge in [0.1, 0.15) is 5.82 Å². The summed E-state index contributed by atoms with van der Waals surface area (Å²) in [4.78, 5) is 15.4. The Morgan fingerprint density at radius 3 is 2.41 bits per heavy atom. The standard InChI is InChI=1S/C23H28FN3O4S/c1-17-5-7-21(20(24)15-17)25-23(28)19-16-18(32(29,30)27-11-13-31-14-12-27)6-8-22(19)26-9-3-2-4-10-26/h5-8,15-16H,2-4,9-14H2,1H3,(H,25,28). The fourth-order valence-electron chi connectivity index (χ4n) is 4.12. The summed E-state index contributed by atoms with van der Waals surface area (Å²) in [5, 5.41) is 2.62. The molecule has 2 aliphatic heterocycles. The zero-order valence-corrected chi connectivity index (χ0v) is 19.0. The zero-order chi connectivity index (χ0) is 22.7. The first-order chi connectivity index (χ1) is 15.4. The topological polar surface area (TPSA) is 79.0 Å².